The van der Waals surface area contributed by atoms with Gasteiger partial charge in [-0.05, 0) is 32.6 Å². The van der Waals surface area contributed by atoms with Crippen LogP contribution in [-0.4, -0.2) is 22.1 Å². The molecule has 20 heavy (non-hydrogen) atoms. The van der Waals surface area contributed by atoms with E-state index in [1.165, 1.54) is 38.4 Å². The highest BCUT2D eigenvalue weighted by Gasteiger charge is 2.22. The van der Waals surface area contributed by atoms with Crippen LogP contribution in [0.2, 0.25) is 0 Å². The van der Waals surface area contributed by atoms with Crippen LogP contribution in [0.5, 0.6) is 5.88 Å². The summed E-state index contributed by atoms with van der Waals surface area (Å²) in [5.74, 6) is 1.99. The molecule has 2 unspecified atom stereocenters. The summed E-state index contributed by atoms with van der Waals surface area (Å²) in [5, 5.41) is 3.47. The first-order valence-electron chi connectivity index (χ1n) is 7.63. The van der Waals surface area contributed by atoms with Crippen LogP contribution in [0.3, 0.4) is 0 Å². The van der Waals surface area contributed by atoms with Gasteiger partial charge in [0.15, 0.2) is 5.82 Å². The highest BCUT2D eigenvalue weighted by molar-refractivity contribution is 5.66. The molecule has 0 bridgehead atoms. The highest BCUT2D eigenvalue weighted by Crippen LogP contribution is 2.31. The van der Waals surface area contributed by atoms with Gasteiger partial charge in [-0.15, -0.1) is 0 Å². The summed E-state index contributed by atoms with van der Waals surface area (Å²) < 4.78 is 5.60. The number of nitrogen functional groups attached to an aromatic ring is 1. The molecule has 1 aromatic heterocycles. The molecule has 2 atom stereocenters. The quantitative estimate of drug-likeness (QED) is 0.865. The Bertz CT molecular complexity index is 436. The Kier molecular flexibility index (Phi) is 5.04. The summed E-state index contributed by atoms with van der Waals surface area (Å²) >= 11 is 0. The van der Waals surface area contributed by atoms with Crippen molar-refractivity contribution in [1.29, 1.82) is 0 Å². The predicted octanol–water partition coefficient (Wildman–Crippen LogP) is 3.23. The van der Waals surface area contributed by atoms with Crippen LogP contribution in [0.25, 0.3) is 0 Å². The van der Waals surface area contributed by atoms with Gasteiger partial charge in [0.25, 0.3) is 0 Å². The SMILES string of the molecule is CCC1CCCC(Nc2ncnc(OC(C)C)c2N)C1. The maximum Gasteiger partial charge on any atom is 0.242 e. The standard InChI is InChI=1S/C15H26N4O/c1-4-11-6-5-7-12(8-11)19-14-13(16)15(18-9-17-14)20-10(2)3/h9-12H,4-8,16H2,1-3H3,(H,17,18,19). The fraction of sp³-hybridized carbons (Fsp3) is 0.733. The number of anilines is 2. The highest BCUT2D eigenvalue weighted by atomic mass is 16.5. The second kappa shape index (κ2) is 6.77. The fourth-order valence-corrected chi connectivity index (χ4v) is 2.80. The van der Waals surface area contributed by atoms with E-state index in [9.17, 15) is 0 Å². The van der Waals surface area contributed by atoms with Crippen molar-refractivity contribution < 1.29 is 4.74 Å². The molecule has 1 aliphatic carbocycles. The average molecular weight is 278 g/mol. The number of nitrogens with zero attached hydrogens (tertiary/aromatic N) is 2. The first kappa shape index (κ1) is 14.9. The molecule has 5 nitrogen and oxygen atoms in total. The molecule has 0 aliphatic heterocycles. The van der Waals surface area contributed by atoms with Crippen LogP contribution in [0.4, 0.5) is 11.5 Å². The van der Waals surface area contributed by atoms with Crippen LogP contribution >= 0.6 is 0 Å². The van der Waals surface area contributed by atoms with Crippen molar-refractivity contribution in [3.8, 4) is 5.88 Å². The monoisotopic (exact) mass is 278 g/mol. The minimum absolute atomic E-state index is 0.0548. The third-order valence-corrected chi connectivity index (χ3v) is 3.90. The summed E-state index contributed by atoms with van der Waals surface area (Å²) in [7, 11) is 0. The van der Waals surface area contributed by atoms with Crippen LogP contribution < -0.4 is 15.8 Å². The second-order valence-electron chi connectivity index (χ2n) is 5.89. The molecule has 0 saturated heterocycles. The van der Waals surface area contributed by atoms with Gasteiger partial charge in [0, 0.05) is 6.04 Å². The van der Waals surface area contributed by atoms with Gasteiger partial charge in [-0.1, -0.05) is 26.2 Å². The van der Waals surface area contributed by atoms with Crippen LogP contribution in [0.1, 0.15) is 52.9 Å². The minimum atomic E-state index is 0.0548. The van der Waals surface area contributed by atoms with Gasteiger partial charge >= 0.3 is 0 Å². The molecule has 112 valence electrons. The van der Waals surface area contributed by atoms with Crippen LogP contribution in [-0.2, 0) is 0 Å². The topological polar surface area (TPSA) is 73.1 Å². The third kappa shape index (κ3) is 3.74. The Morgan fingerprint density at radius 3 is 2.90 bits per heavy atom. The molecule has 1 aliphatic rings. The Morgan fingerprint density at radius 1 is 1.40 bits per heavy atom. The zero-order chi connectivity index (χ0) is 14.5. The van der Waals surface area contributed by atoms with E-state index in [-0.39, 0.29) is 6.10 Å². The van der Waals surface area contributed by atoms with Crippen molar-refractivity contribution in [2.45, 2.75) is 65.0 Å². The van der Waals surface area contributed by atoms with Crippen molar-refractivity contribution in [3.63, 3.8) is 0 Å². The first-order valence-corrected chi connectivity index (χ1v) is 7.63. The van der Waals surface area contributed by atoms with E-state index in [1.54, 1.807) is 0 Å². The van der Waals surface area contributed by atoms with E-state index >= 15 is 0 Å². The molecule has 0 amide bonds. The van der Waals surface area contributed by atoms with Crippen molar-refractivity contribution in [2.75, 3.05) is 11.1 Å². The molecule has 5 heteroatoms. The number of nitrogens with two attached hydrogens (primary N) is 1. The lowest BCUT2D eigenvalue weighted by Gasteiger charge is -2.29. The minimum Gasteiger partial charge on any atom is -0.473 e. The molecular weight excluding hydrogens is 252 g/mol. The van der Waals surface area contributed by atoms with Gasteiger partial charge in [-0.25, -0.2) is 4.98 Å². The number of nitrogens with one attached hydrogen (secondary N) is 1. The zero-order valence-corrected chi connectivity index (χ0v) is 12.7. The van der Waals surface area contributed by atoms with Crippen molar-refractivity contribution in [1.82, 2.24) is 9.97 Å². The number of aromatic nitrogens is 2. The number of ether oxygens (including phenoxy) is 1. The van der Waals surface area contributed by atoms with Gasteiger partial charge in [-0.2, -0.15) is 4.98 Å². The van der Waals surface area contributed by atoms with E-state index in [2.05, 4.69) is 22.2 Å². The molecular formula is C15H26N4O. The van der Waals surface area contributed by atoms with E-state index < -0.39 is 0 Å². The molecule has 0 aromatic carbocycles. The smallest absolute Gasteiger partial charge is 0.242 e. The predicted molar refractivity (Wildman–Crippen MR) is 81.9 cm³/mol. The van der Waals surface area contributed by atoms with E-state index in [0.29, 0.717) is 23.4 Å². The van der Waals surface area contributed by atoms with Crippen LogP contribution in [0, 0.1) is 5.92 Å². The number of rotatable bonds is 5. The largest absolute Gasteiger partial charge is 0.473 e. The molecule has 1 fully saturated rings. The maximum absolute atomic E-state index is 6.10. The Labute approximate surface area is 121 Å². The molecule has 1 saturated carbocycles. The number of hydrogen-bond acceptors (Lipinski definition) is 5. The van der Waals surface area contributed by atoms with Gasteiger partial charge in [0.2, 0.25) is 5.88 Å². The van der Waals surface area contributed by atoms with Gasteiger partial charge in [-0.3, -0.25) is 0 Å². The maximum atomic E-state index is 6.10. The molecule has 0 radical (unpaired) electrons. The van der Waals surface area contributed by atoms with Gasteiger partial charge in [0.1, 0.15) is 12.0 Å². The lowest BCUT2D eigenvalue weighted by Crippen LogP contribution is -2.28. The summed E-state index contributed by atoms with van der Waals surface area (Å²) in [6, 6.07) is 0.456. The summed E-state index contributed by atoms with van der Waals surface area (Å²) in [4.78, 5) is 8.37. The van der Waals surface area contributed by atoms with E-state index in [0.717, 1.165) is 5.92 Å². The second-order valence-corrected chi connectivity index (χ2v) is 5.89. The Balaban J connectivity index is 2.05. The Hall–Kier alpha value is -1.52. The van der Waals surface area contributed by atoms with Gasteiger partial charge in [0.05, 0.1) is 6.10 Å². The van der Waals surface area contributed by atoms with E-state index in [4.69, 9.17) is 10.5 Å². The van der Waals surface area contributed by atoms with E-state index in [1.807, 2.05) is 13.8 Å². The van der Waals surface area contributed by atoms with Crippen molar-refractivity contribution >= 4 is 11.5 Å². The lowest BCUT2D eigenvalue weighted by molar-refractivity contribution is 0.234. The molecule has 0 spiro atoms. The zero-order valence-electron chi connectivity index (χ0n) is 12.7. The Morgan fingerprint density at radius 2 is 2.20 bits per heavy atom. The third-order valence-electron chi connectivity index (χ3n) is 3.90. The van der Waals surface area contributed by atoms with Crippen LogP contribution in [0.15, 0.2) is 6.33 Å². The molecule has 2 rings (SSSR count). The summed E-state index contributed by atoms with van der Waals surface area (Å²) in [5.41, 5.74) is 6.62. The lowest BCUT2D eigenvalue weighted by atomic mass is 9.84. The fourth-order valence-electron chi connectivity index (χ4n) is 2.80. The molecule has 1 aromatic rings. The molecule has 3 N–H and O–H groups in total. The number of hydrogen-bond donors (Lipinski definition) is 2. The van der Waals surface area contributed by atoms with Crippen molar-refractivity contribution in [3.05, 3.63) is 6.33 Å². The summed E-state index contributed by atoms with van der Waals surface area (Å²) in [6.07, 6.45) is 7.81. The average Bonchev–Trinajstić information content (AvgIpc) is 2.43. The van der Waals surface area contributed by atoms with Gasteiger partial charge < -0.3 is 15.8 Å². The summed E-state index contributed by atoms with van der Waals surface area (Å²) in [6.45, 7) is 6.18. The first-order chi connectivity index (χ1) is 9.60. The normalized spacial score (nSPS) is 22.8. The van der Waals surface area contributed by atoms with Crippen molar-refractivity contribution in [2.24, 2.45) is 5.92 Å². The molecule has 1 heterocycles.